The highest BCUT2D eigenvalue weighted by molar-refractivity contribution is 5.76. The van der Waals surface area contributed by atoms with Crippen LogP contribution in [0.5, 0.6) is 0 Å². The van der Waals surface area contributed by atoms with Crippen LogP contribution < -0.4 is 5.56 Å². The van der Waals surface area contributed by atoms with E-state index in [1.54, 1.807) is 24.3 Å². The van der Waals surface area contributed by atoms with Gasteiger partial charge in [-0.15, -0.1) is 0 Å². The standard InChI is InChI=1S/C15H19N5O3/c1-11-17-12(8-14(21)18-11)13-9-23-7-6-20(13)15(22)2-4-19-5-3-16-10-19/h3,5,8,10,13H,2,4,6-7,9H2,1H3,(H,17,18,21)/t13-/m0/s1. The molecule has 0 unspecified atom stereocenters. The fourth-order valence-electron chi connectivity index (χ4n) is 2.71. The van der Waals surface area contributed by atoms with E-state index in [0.717, 1.165) is 0 Å². The van der Waals surface area contributed by atoms with Gasteiger partial charge in [0.15, 0.2) is 0 Å². The number of imidazole rings is 1. The number of ether oxygens (including phenoxy) is 1. The fourth-order valence-corrected chi connectivity index (χ4v) is 2.71. The molecule has 122 valence electrons. The number of hydrogen-bond acceptors (Lipinski definition) is 5. The maximum Gasteiger partial charge on any atom is 0.251 e. The Hall–Kier alpha value is -2.48. The van der Waals surface area contributed by atoms with Crippen molar-refractivity contribution in [1.29, 1.82) is 0 Å². The Morgan fingerprint density at radius 2 is 2.39 bits per heavy atom. The normalized spacial score (nSPS) is 18.1. The van der Waals surface area contributed by atoms with Gasteiger partial charge in [-0.3, -0.25) is 9.59 Å². The number of aromatic amines is 1. The lowest BCUT2D eigenvalue weighted by Gasteiger charge is -2.35. The highest BCUT2D eigenvalue weighted by atomic mass is 16.5. The number of nitrogens with one attached hydrogen (secondary N) is 1. The minimum Gasteiger partial charge on any atom is -0.377 e. The molecule has 0 saturated carbocycles. The molecule has 1 fully saturated rings. The molecule has 1 aliphatic rings. The van der Waals surface area contributed by atoms with Gasteiger partial charge in [0.2, 0.25) is 5.91 Å². The molecule has 1 atom stereocenters. The van der Waals surface area contributed by atoms with Crippen LogP contribution in [0.25, 0.3) is 0 Å². The van der Waals surface area contributed by atoms with Crippen LogP contribution in [-0.4, -0.2) is 50.1 Å². The summed E-state index contributed by atoms with van der Waals surface area (Å²) in [5, 5.41) is 0. The summed E-state index contributed by atoms with van der Waals surface area (Å²) >= 11 is 0. The Balaban J connectivity index is 1.75. The molecular weight excluding hydrogens is 298 g/mol. The van der Waals surface area contributed by atoms with Crippen molar-refractivity contribution in [3.63, 3.8) is 0 Å². The number of hydrogen-bond donors (Lipinski definition) is 1. The highest BCUT2D eigenvalue weighted by Crippen LogP contribution is 2.22. The first kappa shape index (κ1) is 15.4. The third-order valence-electron chi connectivity index (χ3n) is 3.81. The van der Waals surface area contributed by atoms with Gasteiger partial charge in [-0.1, -0.05) is 0 Å². The fraction of sp³-hybridized carbons (Fsp3) is 0.467. The van der Waals surface area contributed by atoms with Crippen LogP contribution in [0.3, 0.4) is 0 Å². The lowest BCUT2D eigenvalue weighted by atomic mass is 10.1. The first-order chi connectivity index (χ1) is 11.1. The van der Waals surface area contributed by atoms with Crippen LogP contribution in [0.4, 0.5) is 0 Å². The first-order valence-electron chi connectivity index (χ1n) is 7.54. The van der Waals surface area contributed by atoms with Gasteiger partial charge >= 0.3 is 0 Å². The van der Waals surface area contributed by atoms with Crippen LogP contribution >= 0.6 is 0 Å². The molecular formula is C15H19N5O3. The van der Waals surface area contributed by atoms with E-state index in [4.69, 9.17) is 4.74 Å². The lowest BCUT2D eigenvalue weighted by molar-refractivity contribution is -0.140. The summed E-state index contributed by atoms with van der Waals surface area (Å²) in [7, 11) is 0. The van der Waals surface area contributed by atoms with Crippen molar-refractivity contribution in [2.45, 2.75) is 25.9 Å². The zero-order valence-corrected chi connectivity index (χ0v) is 12.9. The third-order valence-corrected chi connectivity index (χ3v) is 3.81. The zero-order valence-electron chi connectivity index (χ0n) is 12.9. The van der Waals surface area contributed by atoms with E-state index < -0.39 is 0 Å². The summed E-state index contributed by atoms with van der Waals surface area (Å²) < 4.78 is 7.35. The molecule has 0 spiro atoms. The smallest absolute Gasteiger partial charge is 0.251 e. The van der Waals surface area contributed by atoms with Crippen molar-refractivity contribution in [2.75, 3.05) is 19.8 Å². The molecule has 23 heavy (non-hydrogen) atoms. The van der Waals surface area contributed by atoms with Crippen LogP contribution in [0.1, 0.15) is 24.0 Å². The molecule has 0 radical (unpaired) electrons. The van der Waals surface area contributed by atoms with Gasteiger partial charge in [-0.2, -0.15) is 0 Å². The summed E-state index contributed by atoms with van der Waals surface area (Å²) in [6, 6.07) is 1.11. The van der Waals surface area contributed by atoms with Gasteiger partial charge in [-0.25, -0.2) is 9.97 Å². The van der Waals surface area contributed by atoms with Crippen molar-refractivity contribution in [3.8, 4) is 0 Å². The summed E-state index contributed by atoms with van der Waals surface area (Å²) in [4.78, 5) is 36.9. The predicted octanol–water partition coefficient (Wildman–Crippen LogP) is 0.265. The predicted molar refractivity (Wildman–Crippen MR) is 81.7 cm³/mol. The lowest BCUT2D eigenvalue weighted by Crippen LogP contribution is -2.44. The Labute approximate surface area is 133 Å². The first-order valence-corrected chi connectivity index (χ1v) is 7.54. The molecule has 3 rings (SSSR count). The van der Waals surface area contributed by atoms with E-state index in [9.17, 15) is 9.59 Å². The number of carbonyl (C=O) groups is 1. The molecule has 1 amide bonds. The van der Waals surface area contributed by atoms with E-state index in [1.807, 2.05) is 10.8 Å². The molecule has 1 aliphatic heterocycles. The monoisotopic (exact) mass is 317 g/mol. The minimum atomic E-state index is -0.319. The van der Waals surface area contributed by atoms with Gasteiger partial charge < -0.3 is 19.2 Å². The Morgan fingerprint density at radius 1 is 1.52 bits per heavy atom. The average molecular weight is 317 g/mol. The Kier molecular flexibility index (Phi) is 4.52. The van der Waals surface area contributed by atoms with Crippen LogP contribution in [0.15, 0.2) is 29.6 Å². The SMILES string of the molecule is Cc1nc([C@@H]2COCCN2C(=O)CCn2ccnc2)cc(=O)[nH]1. The molecule has 2 aromatic rings. The van der Waals surface area contributed by atoms with Crippen LogP contribution in [0.2, 0.25) is 0 Å². The van der Waals surface area contributed by atoms with E-state index in [2.05, 4.69) is 15.0 Å². The second kappa shape index (κ2) is 6.74. The number of carbonyl (C=O) groups excluding carboxylic acids is 1. The topological polar surface area (TPSA) is 93.1 Å². The Morgan fingerprint density at radius 3 is 3.13 bits per heavy atom. The second-order valence-corrected chi connectivity index (χ2v) is 5.48. The Bertz CT molecular complexity index is 725. The largest absolute Gasteiger partial charge is 0.377 e. The summed E-state index contributed by atoms with van der Waals surface area (Å²) in [6.07, 6.45) is 5.57. The van der Waals surface area contributed by atoms with E-state index >= 15 is 0 Å². The van der Waals surface area contributed by atoms with Crippen molar-refractivity contribution >= 4 is 5.91 Å². The van der Waals surface area contributed by atoms with E-state index in [1.165, 1.54) is 6.07 Å². The van der Waals surface area contributed by atoms with Crippen molar-refractivity contribution in [1.82, 2.24) is 24.4 Å². The number of aromatic nitrogens is 4. The summed E-state index contributed by atoms with van der Waals surface area (Å²) in [5.74, 6) is 0.552. The van der Waals surface area contributed by atoms with Gasteiger partial charge in [0.25, 0.3) is 5.56 Å². The quantitative estimate of drug-likeness (QED) is 0.873. The molecule has 1 N–H and O–H groups in total. The molecule has 0 bridgehead atoms. The van der Waals surface area contributed by atoms with Gasteiger partial charge in [0.1, 0.15) is 5.82 Å². The molecule has 8 nitrogen and oxygen atoms in total. The van der Waals surface area contributed by atoms with Gasteiger partial charge in [0, 0.05) is 38.0 Å². The highest BCUT2D eigenvalue weighted by Gasteiger charge is 2.29. The van der Waals surface area contributed by atoms with Crippen molar-refractivity contribution < 1.29 is 9.53 Å². The summed E-state index contributed by atoms with van der Waals surface area (Å²) in [5.41, 5.74) is 0.353. The molecule has 0 aromatic carbocycles. The molecule has 1 saturated heterocycles. The maximum absolute atomic E-state index is 12.6. The average Bonchev–Trinajstić information content (AvgIpc) is 3.05. The molecule has 8 heteroatoms. The van der Waals surface area contributed by atoms with Crippen LogP contribution in [-0.2, 0) is 16.1 Å². The third kappa shape index (κ3) is 3.65. The number of amides is 1. The zero-order chi connectivity index (χ0) is 16.2. The molecule has 0 aliphatic carbocycles. The molecule has 3 heterocycles. The number of rotatable bonds is 4. The van der Waals surface area contributed by atoms with Crippen LogP contribution in [0, 0.1) is 6.92 Å². The van der Waals surface area contributed by atoms with Gasteiger partial charge in [-0.05, 0) is 6.92 Å². The second-order valence-electron chi connectivity index (χ2n) is 5.48. The number of aryl methyl sites for hydroxylation is 2. The number of morpholine rings is 1. The van der Waals surface area contributed by atoms with E-state index in [-0.39, 0.29) is 17.5 Å². The maximum atomic E-state index is 12.6. The van der Waals surface area contributed by atoms with E-state index in [0.29, 0.717) is 44.2 Å². The van der Waals surface area contributed by atoms with Crippen molar-refractivity contribution in [2.24, 2.45) is 0 Å². The molecule has 2 aromatic heterocycles. The van der Waals surface area contributed by atoms with Crippen molar-refractivity contribution in [3.05, 3.63) is 46.7 Å². The summed E-state index contributed by atoms with van der Waals surface area (Å²) in [6.45, 7) is 3.65. The minimum absolute atomic E-state index is 0.0201. The number of nitrogens with zero attached hydrogens (tertiary/aromatic N) is 4. The number of H-pyrrole nitrogens is 1. The van der Waals surface area contributed by atoms with Gasteiger partial charge in [0.05, 0.1) is 31.3 Å².